The number of nitrogens with zero attached hydrogens (tertiary/aromatic N) is 1. The van der Waals surface area contributed by atoms with Crippen molar-refractivity contribution in [2.75, 3.05) is 0 Å². The highest BCUT2D eigenvalue weighted by atomic mass is 32.2. The van der Waals surface area contributed by atoms with Gasteiger partial charge in [0, 0.05) is 11.6 Å². The Morgan fingerprint density at radius 3 is 2.52 bits per heavy atom. The lowest BCUT2D eigenvalue weighted by Crippen LogP contribution is -2.36. The van der Waals surface area contributed by atoms with Gasteiger partial charge < -0.3 is 9.84 Å². The van der Waals surface area contributed by atoms with E-state index in [9.17, 15) is 14.4 Å². The molecule has 1 aliphatic heterocycles. The van der Waals surface area contributed by atoms with Gasteiger partial charge >= 0.3 is 5.97 Å². The third kappa shape index (κ3) is 4.64. The van der Waals surface area contributed by atoms with Crippen molar-refractivity contribution in [2.45, 2.75) is 32.9 Å². The van der Waals surface area contributed by atoms with Crippen LogP contribution in [0.3, 0.4) is 0 Å². The van der Waals surface area contributed by atoms with Gasteiger partial charge in [0.2, 0.25) is 0 Å². The Bertz CT molecular complexity index is 1270. The maximum absolute atomic E-state index is 13.0. The number of rotatable bonds is 7. The van der Waals surface area contributed by atoms with Crippen molar-refractivity contribution in [3.8, 4) is 5.75 Å². The predicted molar refractivity (Wildman–Crippen MR) is 129 cm³/mol. The van der Waals surface area contributed by atoms with E-state index in [0.717, 1.165) is 33.7 Å². The molecule has 0 saturated carbocycles. The second-order valence-corrected chi connectivity index (χ2v) is 8.79. The van der Waals surface area contributed by atoms with E-state index in [1.165, 1.54) is 17.0 Å². The first-order valence-corrected chi connectivity index (χ1v) is 11.4. The highest BCUT2D eigenvalue weighted by molar-refractivity contribution is 8.18. The van der Waals surface area contributed by atoms with E-state index >= 15 is 0 Å². The van der Waals surface area contributed by atoms with Crippen molar-refractivity contribution in [1.29, 1.82) is 0 Å². The zero-order valence-corrected chi connectivity index (χ0v) is 19.1. The largest absolute Gasteiger partial charge is 0.488 e. The van der Waals surface area contributed by atoms with Gasteiger partial charge in [0.1, 0.15) is 12.4 Å². The Labute approximate surface area is 195 Å². The van der Waals surface area contributed by atoms with Crippen molar-refractivity contribution in [1.82, 2.24) is 4.90 Å². The molecule has 2 amide bonds. The molecule has 6 nitrogen and oxygen atoms in total. The van der Waals surface area contributed by atoms with Gasteiger partial charge in [-0.3, -0.25) is 14.5 Å². The van der Waals surface area contributed by atoms with Gasteiger partial charge in [-0.05, 0) is 65.7 Å². The molecule has 0 spiro atoms. The van der Waals surface area contributed by atoms with Gasteiger partial charge in [-0.1, -0.05) is 49.4 Å². The third-order valence-corrected chi connectivity index (χ3v) is 6.54. The third-order valence-electron chi connectivity index (χ3n) is 5.66. The van der Waals surface area contributed by atoms with Crippen molar-refractivity contribution in [3.05, 3.63) is 82.3 Å². The maximum Gasteiger partial charge on any atom is 0.335 e. The normalized spacial score (nSPS) is 15.9. The molecule has 33 heavy (non-hydrogen) atoms. The van der Waals surface area contributed by atoms with Crippen LogP contribution < -0.4 is 4.74 Å². The van der Waals surface area contributed by atoms with Crippen molar-refractivity contribution < 1.29 is 24.2 Å². The molecule has 168 valence electrons. The zero-order chi connectivity index (χ0) is 23.5. The van der Waals surface area contributed by atoms with Crippen LogP contribution in [0, 0.1) is 0 Å². The maximum atomic E-state index is 13.0. The fraction of sp³-hybridized carbons (Fsp3) is 0.192. The Morgan fingerprint density at radius 2 is 1.82 bits per heavy atom. The highest BCUT2D eigenvalue weighted by Crippen LogP contribution is 2.38. The van der Waals surface area contributed by atoms with E-state index in [-0.39, 0.29) is 29.4 Å². The van der Waals surface area contributed by atoms with Gasteiger partial charge in [-0.25, -0.2) is 4.79 Å². The number of carboxylic acid groups (broad SMARTS) is 1. The van der Waals surface area contributed by atoms with E-state index in [4.69, 9.17) is 9.84 Å². The molecular formula is C26H23NO5S. The number of carbonyl (C=O) groups excluding carboxylic acids is 2. The molecule has 1 fully saturated rings. The van der Waals surface area contributed by atoms with Crippen molar-refractivity contribution in [3.63, 3.8) is 0 Å². The summed E-state index contributed by atoms with van der Waals surface area (Å²) in [4.78, 5) is 38.2. The van der Waals surface area contributed by atoms with Gasteiger partial charge in [0.05, 0.1) is 10.5 Å². The average Bonchev–Trinajstić information content (AvgIpc) is 3.10. The SMILES string of the molecule is CC[C@@H](C)N1C(=O)S/C(=C/c2c(OCc3ccc(C(=O)O)cc3)ccc3ccccc23)C1=O. The fourth-order valence-electron chi connectivity index (χ4n) is 3.63. The van der Waals surface area contributed by atoms with Crippen molar-refractivity contribution in [2.24, 2.45) is 0 Å². The molecule has 1 N–H and O–H groups in total. The molecule has 0 aromatic heterocycles. The Kier molecular flexibility index (Phi) is 6.51. The van der Waals surface area contributed by atoms with E-state index in [0.29, 0.717) is 17.1 Å². The number of thioether (sulfide) groups is 1. The first-order valence-electron chi connectivity index (χ1n) is 10.6. The molecule has 7 heteroatoms. The minimum absolute atomic E-state index is 0.166. The summed E-state index contributed by atoms with van der Waals surface area (Å²) in [6, 6.07) is 17.9. The summed E-state index contributed by atoms with van der Waals surface area (Å²) in [7, 11) is 0. The number of benzene rings is 3. The van der Waals surface area contributed by atoms with Crippen LogP contribution in [0.1, 0.15) is 41.8 Å². The van der Waals surface area contributed by atoms with Crippen LogP contribution in [-0.4, -0.2) is 33.2 Å². The first kappa shape index (κ1) is 22.6. The summed E-state index contributed by atoms with van der Waals surface area (Å²) in [6.07, 6.45) is 2.42. The van der Waals surface area contributed by atoms with Crippen LogP contribution in [0.2, 0.25) is 0 Å². The van der Waals surface area contributed by atoms with Gasteiger partial charge in [-0.2, -0.15) is 0 Å². The number of ether oxygens (including phenoxy) is 1. The number of hydrogen-bond acceptors (Lipinski definition) is 5. The lowest BCUT2D eigenvalue weighted by molar-refractivity contribution is -0.124. The molecule has 1 heterocycles. The van der Waals surface area contributed by atoms with E-state index < -0.39 is 5.97 Å². The molecule has 1 aliphatic rings. The number of amides is 2. The average molecular weight is 462 g/mol. The van der Waals surface area contributed by atoms with Crippen LogP contribution in [0.25, 0.3) is 16.8 Å². The van der Waals surface area contributed by atoms with Crippen molar-refractivity contribution >= 4 is 45.7 Å². The smallest absolute Gasteiger partial charge is 0.335 e. The van der Waals surface area contributed by atoms with E-state index in [1.54, 1.807) is 18.2 Å². The quantitative estimate of drug-likeness (QED) is 0.438. The number of carboxylic acids is 1. The summed E-state index contributed by atoms with van der Waals surface area (Å²) in [5, 5.41) is 10.7. The molecule has 0 bridgehead atoms. The minimum Gasteiger partial charge on any atom is -0.488 e. The molecule has 0 radical (unpaired) electrons. The summed E-state index contributed by atoms with van der Waals surface area (Å²) in [5.41, 5.74) is 1.75. The van der Waals surface area contributed by atoms with Gasteiger partial charge in [0.25, 0.3) is 11.1 Å². The number of fused-ring (bicyclic) bond motifs is 1. The number of hydrogen-bond donors (Lipinski definition) is 1. The lowest BCUT2D eigenvalue weighted by atomic mass is 10.0. The highest BCUT2D eigenvalue weighted by Gasteiger charge is 2.37. The summed E-state index contributed by atoms with van der Waals surface area (Å²) in [5.74, 6) is -0.695. The van der Waals surface area contributed by atoms with Crippen LogP contribution in [0.5, 0.6) is 5.75 Å². The molecular weight excluding hydrogens is 438 g/mol. The molecule has 1 atom stereocenters. The monoisotopic (exact) mass is 461 g/mol. The number of imide groups is 1. The van der Waals surface area contributed by atoms with Crippen LogP contribution in [0.4, 0.5) is 4.79 Å². The number of carbonyl (C=O) groups is 3. The molecule has 4 rings (SSSR count). The van der Waals surface area contributed by atoms with Gasteiger partial charge in [-0.15, -0.1) is 0 Å². The Morgan fingerprint density at radius 1 is 1.09 bits per heavy atom. The molecule has 1 saturated heterocycles. The zero-order valence-electron chi connectivity index (χ0n) is 18.3. The van der Waals surface area contributed by atoms with Crippen LogP contribution >= 0.6 is 11.8 Å². The van der Waals surface area contributed by atoms with Gasteiger partial charge in [0.15, 0.2) is 0 Å². The summed E-state index contributed by atoms with van der Waals surface area (Å²) < 4.78 is 6.09. The molecule has 3 aromatic rings. The molecule has 3 aromatic carbocycles. The Hall–Kier alpha value is -3.58. The lowest BCUT2D eigenvalue weighted by Gasteiger charge is -2.19. The van der Waals surface area contributed by atoms with E-state index in [1.807, 2.05) is 50.2 Å². The van der Waals surface area contributed by atoms with Crippen LogP contribution in [-0.2, 0) is 11.4 Å². The van der Waals surface area contributed by atoms with Crippen LogP contribution in [0.15, 0.2) is 65.6 Å². The summed E-state index contributed by atoms with van der Waals surface area (Å²) in [6.45, 7) is 4.03. The molecule has 0 unspecified atom stereocenters. The standard InChI is InChI=1S/C26H23NO5S/c1-3-16(2)27-24(28)23(33-26(27)31)14-21-20-7-5-4-6-18(20)12-13-22(21)32-15-17-8-10-19(11-9-17)25(29)30/h4-14,16H,3,15H2,1-2H3,(H,29,30)/b23-14+/t16-/m1/s1. The fourth-order valence-corrected chi connectivity index (χ4v) is 4.54. The van der Waals surface area contributed by atoms with E-state index in [2.05, 4.69) is 0 Å². The minimum atomic E-state index is -0.981. The predicted octanol–water partition coefficient (Wildman–Crippen LogP) is 5.95. The number of aromatic carboxylic acids is 1. The topological polar surface area (TPSA) is 83.9 Å². The molecule has 0 aliphatic carbocycles. The second kappa shape index (κ2) is 9.50. The second-order valence-electron chi connectivity index (χ2n) is 7.80. The summed E-state index contributed by atoms with van der Waals surface area (Å²) >= 11 is 0.944. The first-order chi connectivity index (χ1) is 15.9. The Balaban J connectivity index is 1.69.